The highest BCUT2D eigenvalue weighted by Crippen LogP contribution is 2.25. The summed E-state index contributed by atoms with van der Waals surface area (Å²) in [6, 6.07) is 5.03. The lowest BCUT2D eigenvalue weighted by atomic mass is 10.1. The minimum atomic E-state index is -0.271. The van der Waals surface area contributed by atoms with Gasteiger partial charge in [-0.15, -0.1) is 0 Å². The van der Waals surface area contributed by atoms with Crippen molar-refractivity contribution in [3.8, 4) is 0 Å². The third-order valence-electron chi connectivity index (χ3n) is 3.06. The summed E-state index contributed by atoms with van der Waals surface area (Å²) < 4.78 is 6.40. The molecule has 0 unspecified atom stereocenters. The van der Waals surface area contributed by atoms with E-state index in [1.54, 1.807) is 12.1 Å². The molecular weight excluding hydrogens is 332 g/mol. The number of amides is 2. The van der Waals surface area contributed by atoms with Crippen molar-refractivity contribution in [1.29, 1.82) is 0 Å². The Morgan fingerprint density at radius 1 is 1.58 bits per heavy atom. The van der Waals surface area contributed by atoms with Crippen molar-refractivity contribution in [3.63, 3.8) is 0 Å². The molecule has 1 fully saturated rings. The SMILES string of the molecule is C[C@H](NC(=O)Nc1ccc(Br)cc1Cl)[C@H]1CCCO1. The maximum Gasteiger partial charge on any atom is 0.319 e. The van der Waals surface area contributed by atoms with Crippen molar-refractivity contribution >= 4 is 39.2 Å². The molecule has 4 nitrogen and oxygen atoms in total. The number of hydrogen-bond donors (Lipinski definition) is 2. The molecule has 1 saturated heterocycles. The molecule has 0 bridgehead atoms. The molecule has 2 rings (SSSR count). The molecule has 2 atom stereocenters. The Morgan fingerprint density at radius 3 is 3.00 bits per heavy atom. The summed E-state index contributed by atoms with van der Waals surface area (Å²) in [5, 5.41) is 6.09. The number of rotatable bonds is 3. The van der Waals surface area contributed by atoms with Gasteiger partial charge in [0, 0.05) is 11.1 Å². The molecule has 1 aromatic rings. The Labute approximate surface area is 126 Å². The number of carbonyl (C=O) groups excluding carboxylic acids is 1. The van der Waals surface area contributed by atoms with Crippen LogP contribution in [0.2, 0.25) is 5.02 Å². The van der Waals surface area contributed by atoms with Gasteiger partial charge in [-0.3, -0.25) is 0 Å². The van der Waals surface area contributed by atoms with E-state index in [9.17, 15) is 4.79 Å². The van der Waals surface area contributed by atoms with Crippen molar-refractivity contribution in [2.24, 2.45) is 0 Å². The molecule has 6 heteroatoms. The van der Waals surface area contributed by atoms with Gasteiger partial charge in [0.15, 0.2) is 0 Å². The van der Waals surface area contributed by atoms with Gasteiger partial charge in [-0.05, 0) is 38.0 Å². The van der Waals surface area contributed by atoms with Gasteiger partial charge in [-0.1, -0.05) is 27.5 Å². The van der Waals surface area contributed by atoms with E-state index < -0.39 is 0 Å². The first-order valence-corrected chi connectivity index (χ1v) is 7.37. The predicted molar refractivity (Wildman–Crippen MR) is 79.7 cm³/mol. The molecule has 0 aliphatic carbocycles. The summed E-state index contributed by atoms with van der Waals surface area (Å²) in [5.74, 6) is 0. The number of anilines is 1. The number of halogens is 2. The first-order valence-electron chi connectivity index (χ1n) is 6.20. The Kier molecular flexibility index (Phi) is 5.07. The summed E-state index contributed by atoms with van der Waals surface area (Å²) in [6.45, 7) is 2.72. The molecule has 0 saturated carbocycles. The second-order valence-electron chi connectivity index (χ2n) is 4.56. The van der Waals surface area contributed by atoms with E-state index in [1.165, 1.54) is 0 Å². The van der Waals surface area contributed by atoms with Gasteiger partial charge < -0.3 is 15.4 Å². The zero-order valence-corrected chi connectivity index (χ0v) is 12.9. The maximum atomic E-state index is 11.9. The van der Waals surface area contributed by atoms with Gasteiger partial charge in [0.05, 0.1) is 22.9 Å². The van der Waals surface area contributed by atoms with Crippen LogP contribution in [0.1, 0.15) is 19.8 Å². The Bertz CT molecular complexity index is 464. The zero-order chi connectivity index (χ0) is 13.8. The van der Waals surface area contributed by atoms with Gasteiger partial charge >= 0.3 is 6.03 Å². The van der Waals surface area contributed by atoms with E-state index in [-0.39, 0.29) is 18.2 Å². The fourth-order valence-corrected chi connectivity index (χ4v) is 2.77. The van der Waals surface area contributed by atoms with E-state index in [2.05, 4.69) is 26.6 Å². The summed E-state index contributed by atoms with van der Waals surface area (Å²) in [5.41, 5.74) is 0.585. The van der Waals surface area contributed by atoms with Crippen LogP contribution in [0, 0.1) is 0 Å². The summed E-state index contributed by atoms with van der Waals surface area (Å²) >= 11 is 9.36. The highest BCUT2D eigenvalue weighted by Gasteiger charge is 2.23. The lowest BCUT2D eigenvalue weighted by Crippen LogP contribution is -2.43. The zero-order valence-electron chi connectivity index (χ0n) is 10.6. The average Bonchev–Trinajstić information content (AvgIpc) is 2.86. The normalized spacial score (nSPS) is 20.1. The monoisotopic (exact) mass is 346 g/mol. The molecule has 1 heterocycles. The molecule has 19 heavy (non-hydrogen) atoms. The van der Waals surface area contributed by atoms with Crippen LogP contribution in [0.15, 0.2) is 22.7 Å². The number of hydrogen-bond acceptors (Lipinski definition) is 2. The standard InChI is InChI=1S/C13H16BrClN2O2/c1-8(12-3-2-6-19-12)16-13(18)17-11-5-4-9(14)7-10(11)15/h4-5,7-8,12H,2-3,6H2,1H3,(H2,16,17,18)/t8-,12+/m0/s1. The van der Waals surface area contributed by atoms with Crippen molar-refractivity contribution in [2.75, 3.05) is 11.9 Å². The Hall–Kier alpha value is -0.780. The Balaban J connectivity index is 1.89. The van der Waals surface area contributed by atoms with E-state index in [1.807, 2.05) is 13.0 Å². The maximum absolute atomic E-state index is 11.9. The fourth-order valence-electron chi connectivity index (χ4n) is 2.05. The number of nitrogens with one attached hydrogen (secondary N) is 2. The number of urea groups is 1. The molecule has 0 aromatic heterocycles. The van der Waals surface area contributed by atoms with Gasteiger partial charge in [0.2, 0.25) is 0 Å². The average molecular weight is 348 g/mol. The van der Waals surface area contributed by atoms with Gasteiger partial charge in [-0.2, -0.15) is 0 Å². The van der Waals surface area contributed by atoms with E-state index in [4.69, 9.17) is 16.3 Å². The number of ether oxygens (including phenoxy) is 1. The number of carbonyl (C=O) groups is 1. The summed E-state index contributed by atoms with van der Waals surface area (Å²) in [6.07, 6.45) is 2.14. The van der Waals surface area contributed by atoms with Gasteiger partial charge in [-0.25, -0.2) is 4.79 Å². The van der Waals surface area contributed by atoms with Crippen LogP contribution in [0.5, 0.6) is 0 Å². The molecular formula is C13H16BrClN2O2. The largest absolute Gasteiger partial charge is 0.376 e. The van der Waals surface area contributed by atoms with Crippen LogP contribution < -0.4 is 10.6 Å². The first kappa shape index (κ1) is 14.6. The van der Waals surface area contributed by atoms with Gasteiger partial charge in [0.1, 0.15) is 0 Å². The van der Waals surface area contributed by atoms with Crippen LogP contribution in [0.4, 0.5) is 10.5 Å². The molecule has 2 amide bonds. The fraction of sp³-hybridized carbons (Fsp3) is 0.462. The highest BCUT2D eigenvalue weighted by molar-refractivity contribution is 9.10. The summed E-state index contributed by atoms with van der Waals surface area (Å²) in [7, 11) is 0. The lowest BCUT2D eigenvalue weighted by Gasteiger charge is -2.20. The molecule has 1 aromatic carbocycles. The minimum absolute atomic E-state index is 0.0169. The molecule has 2 N–H and O–H groups in total. The number of benzene rings is 1. The highest BCUT2D eigenvalue weighted by atomic mass is 79.9. The van der Waals surface area contributed by atoms with Crippen LogP contribution >= 0.6 is 27.5 Å². The second-order valence-corrected chi connectivity index (χ2v) is 5.89. The Morgan fingerprint density at radius 2 is 2.37 bits per heavy atom. The van der Waals surface area contributed by atoms with E-state index >= 15 is 0 Å². The van der Waals surface area contributed by atoms with Crippen molar-refractivity contribution < 1.29 is 9.53 Å². The second kappa shape index (κ2) is 6.59. The quantitative estimate of drug-likeness (QED) is 0.874. The molecule has 1 aliphatic rings. The van der Waals surface area contributed by atoms with Crippen LogP contribution in [0.3, 0.4) is 0 Å². The van der Waals surface area contributed by atoms with Crippen LogP contribution in [0.25, 0.3) is 0 Å². The predicted octanol–water partition coefficient (Wildman–Crippen LogP) is 3.79. The lowest BCUT2D eigenvalue weighted by molar-refractivity contribution is 0.0868. The van der Waals surface area contributed by atoms with Crippen LogP contribution in [-0.2, 0) is 4.74 Å². The third kappa shape index (κ3) is 4.09. The van der Waals surface area contributed by atoms with Crippen molar-refractivity contribution in [2.45, 2.75) is 31.9 Å². The third-order valence-corrected chi connectivity index (χ3v) is 3.87. The molecule has 0 spiro atoms. The smallest absolute Gasteiger partial charge is 0.319 e. The topological polar surface area (TPSA) is 50.4 Å². The summed E-state index contributed by atoms with van der Waals surface area (Å²) in [4.78, 5) is 11.9. The molecule has 0 radical (unpaired) electrons. The van der Waals surface area contributed by atoms with E-state index in [0.29, 0.717) is 10.7 Å². The van der Waals surface area contributed by atoms with Crippen molar-refractivity contribution in [3.05, 3.63) is 27.7 Å². The molecule has 1 aliphatic heterocycles. The minimum Gasteiger partial charge on any atom is -0.376 e. The van der Waals surface area contributed by atoms with E-state index in [0.717, 1.165) is 23.9 Å². The first-order chi connectivity index (χ1) is 9.06. The van der Waals surface area contributed by atoms with Crippen molar-refractivity contribution in [1.82, 2.24) is 5.32 Å². The van der Waals surface area contributed by atoms with Gasteiger partial charge in [0.25, 0.3) is 0 Å². The molecule has 104 valence electrons. The van der Waals surface area contributed by atoms with Crippen LogP contribution in [-0.4, -0.2) is 24.8 Å².